The fourth-order valence-electron chi connectivity index (χ4n) is 2.36. The lowest BCUT2D eigenvalue weighted by atomic mass is 10.1. The van der Waals surface area contributed by atoms with Gasteiger partial charge in [-0.2, -0.15) is 0 Å². The standard InChI is InChI=1S/C18H17FN4O/c1-12-10-15(8-9-16(12)19)23-11-17(21-22-23)18(24)20-13(2)14-6-4-3-5-7-14/h3-11,13H,1-2H3,(H,20,24)/t13-/m1/s1. The van der Waals surface area contributed by atoms with Gasteiger partial charge in [0.05, 0.1) is 17.9 Å². The molecule has 1 amide bonds. The van der Waals surface area contributed by atoms with Gasteiger partial charge in [-0.3, -0.25) is 4.79 Å². The quantitative estimate of drug-likeness (QED) is 0.802. The number of nitrogens with one attached hydrogen (secondary N) is 1. The van der Waals surface area contributed by atoms with E-state index in [-0.39, 0.29) is 23.5 Å². The monoisotopic (exact) mass is 324 g/mol. The number of aromatic nitrogens is 3. The van der Waals surface area contributed by atoms with Crippen molar-refractivity contribution < 1.29 is 9.18 Å². The minimum Gasteiger partial charge on any atom is -0.344 e. The van der Waals surface area contributed by atoms with E-state index in [9.17, 15) is 9.18 Å². The van der Waals surface area contributed by atoms with Crippen LogP contribution < -0.4 is 5.32 Å². The summed E-state index contributed by atoms with van der Waals surface area (Å²) in [7, 11) is 0. The third-order valence-electron chi connectivity index (χ3n) is 3.78. The molecule has 0 saturated carbocycles. The Morgan fingerprint density at radius 1 is 1.21 bits per heavy atom. The maximum Gasteiger partial charge on any atom is 0.273 e. The van der Waals surface area contributed by atoms with Gasteiger partial charge in [-0.25, -0.2) is 9.07 Å². The van der Waals surface area contributed by atoms with E-state index in [4.69, 9.17) is 0 Å². The lowest BCUT2D eigenvalue weighted by Crippen LogP contribution is -2.26. The minimum absolute atomic E-state index is 0.142. The van der Waals surface area contributed by atoms with Crippen LogP contribution in [0.25, 0.3) is 5.69 Å². The molecule has 0 unspecified atom stereocenters. The number of aryl methyl sites for hydroxylation is 1. The van der Waals surface area contributed by atoms with Gasteiger partial charge >= 0.3 is 0 Å². The Morgan fingerprint density at radius 2 is 1.96 bits per heavy atom. The summed E-state index contributed by atoms with van der Waals surface area (Å²) in [5.41, 5.74) is 2.37. The van der Waals surface area contributed by atoms with Crippen molar-refractivity contribution >= 4 is 5.91 Å². The number of hydrogen-bond donors (Lipinski definition) is 1. The molecule has 1 aromatic heterocycles. The molecular formula is C18H17FN4O. The van der Waals surface area contributed by atoms with Gasteiger partial charge in [0.25, 0.3) is 5.91 Å². The molecule has 6 heteroatoms. The fraction of sp³-hybridized carbons (Fsp3) is 0.167. The molecule has 1 N–H and O–H groups in total. The van der Waals surface area contributed by atoms with Crippen LogP contribution in [0.1, 0.15) is 34.6 Å². The highest BCUT2D eigenvalue weighted by atomic mass is 19.1. The van der Waals surface area contributed by atoms with E-state index < -0.39 is 0 Å². The highest BCUT2D eigenvalue weighted by Crippen LogP contribution is 2.14. The summed E-state index contributed by atoms with van der Waals surface area (Å²) in [5.74, 6) is -0.593. The number of carbonyl (C=O) groups excluding carboxylic acids is 1. The van der Waals surface area contributed by atoms with Gasteiger partial charge in [-0.1, -0.05) is 35.5 Å². The van der Waals surface area contributed by atoms with Crippen molar-refractivity contribution in [2.45, 2.75) is 19.9 Å². The van der Waals surface area contributed by atoms with Crippen LogP contribution in [0.2, 0.25) is 0 Å². The zero-order chi connectivity index (χ0) is 17.1. The summed E-state index contributed by atoms with van der Waals surface area (Å²) < 4.78 is 14.8. The Kier molecular flexibility index (Phi) is 4.37. The predicted molar refractivity (Wildman–Crippen MR) is 88.4 cm³/mol. The van der Waals surface area contributed by atoms with Crippen LogP contribution in [0.15, 0.2) is 54.7 Å². The van der Waals surface area contributed by atoms with Crippen molar-refractivity contribution in [3.8, 4) is 5.69 Å². The van der Waals surface area contributed by atoms with Crippen molar-refractivity contribution in [1.29, 1.82) is 0 Å². The number of rotatable bonds is 4. The molecule has 0 aliphatic carbocycles. The predicted octanol–water partition coefficient (Wildman–Crippen LogP) is 3.21. The smallest absolute Gasteiger partial charge is 0.273 e. The highest BCUT2D eigenvalue weighted by Gasteiger charge is 2.15. The topological polar surface area (TPSA) is 59.8 Å². The normalized spacial score (nSPS) is 12.0. The summed E-state index contributed by atoms with van der Waals surface area (Å²) in [6, 6.07) is 14.1. The molecule has 1 atom stereocenters. The van der Waals surface area contributed by atoms with Crippen LogP contribution in [0.5, 0.6) is 0 Å². The van der Waals surface area contributed by atoms with Crippen LogP contribution in [0.3, 0.4) is 0 Å². The minimum atomic E-state index is -0.309. The molecule has 0 fully saturated rings. The third kappa shape index (κ3) is 3.32. The number of carbonyl (C=O) groups is 1. The molecule has 1 heterocycles. The molecule has 0 saturated heterocycles. The second-order valence-corrected chi connectivity index (χ2v) is 5.59. The summed E-state index contributed by atoms with van der Waals surface area (Å²) in [6.45, 7) is 3.58. The van der Waals surface area contributed by atoms with Gasteiger partial charge in [0.15, 0.2) is 5.69 Å². The average Bonchev–Trinajstić information content (AvgIpc) is 3.08. The Morgan fingerprint density at radius 3 is 2.67 bits per heavy atom. The van der Waals surface area contributed by atoms with Gasteiger partial charge < -0.3 is 5.32 Å². The number of benzene rings is 2. The number of nitrogens with zero attached hydrogens (tertiary/aromatic N) is 3. The molecule has 3 aromatic rings. The van der Waals surface area contributed by atoms with Crippen molar-refractivity contribution in [3.63, 3.8) is 0 Å². The maximum atomic E-state index is 13.3. The van der Waals surface area contributed by atoms with Gasteiger partial charge in [0.2, 0.25) is 0 Å². The van der Waals surface area contributed by atoms with Crippen molar-refractivity contribution in [3.05, 3.63) is 77.4 Å². The summed E-state index contributed by atoms with van der Waals surface area (Å²) in [4.78, 5) is 12.3. The lowest BCUT2D eigenvalue weighted by Gasteiger charge is -2.12. The first-order valence-electron chi connectivity index (χ1n) is 7.59. The molecule has 0 aliphatic heterocycles. The maximum absolute atomic E-state index is 13.3. The van der Waals surface area contributed by atoms with Gasteiger partial charge in [-0.15, -0.1) is 5.10 Å². The molecule has 0 spiro atoms. The second kappa shape index (κ2) is 6.62. The molecule has 0 radical (unpaired) electrons. The van der Waals surface area contributed by atoms with Crippen molar-refractivity contribution in [2.24, 2.45) is 0 Å². The molecule has 0 aliphatic rings. The SMILES string of the molecule is Cc1cc(-n2cc(C(=O)N[C@H](C)c3ccccc3)nn2)ccc1F. The van der Waals surface area contributed by atoms with Crippen LogP contribution in [0, 0.1) is 12.7 Å². The number of halogens is 1. The number of amides is 1. The van der Waals surface area contributed by atoms with Crippen molar-refractivity contribution in [2.75, 3.05) is 0 Å². The molecule has 3 rings (SSSR count). The van der Waals surface area contributed by atoms with E-state index in [0.717, 1.165) is 5.56 Å². The largest absolute Gasteiger partial charge is 0.344 e. The van der Waals surface area contributed by atoms with Crippen LogP contribution >= 0.6 is 0 Å². The third-order valence-corrected chi connectivity index (χ3v) is 3.78. The van der Waals surface area contributed by atoms with E-state index >= 15 is 0 Å². The molecule has 122 valence electrons. The van der Waals surface area contributed by atoms with E-state index in [1.54, 1.807) is 19.1 Å². The Balaban J connectivity index is 1.75. The van der Waals surface area contributed by atoms with E-state index in [0.29, 0.717) is 11.3 Å². The molecule has 5 nitrogen and oxygen atoms in total. The Labute approximate surface area is 139 Å². The molecule has 24 heavy (non-hydrogen) atoms. The van der Waals surface area contributed by atoms with Gasteiger partial charge in [0.1, 0.15) is 5.82 Å². The molecule has 0 bridgehead atoms. The van der Waals surface area contributed by atoms with Crippen LogP contribution in [0.4, 0.5) is 4.39 Å². The fourth-order valence-corrected chi connectivity index (χ4v) is 2.36. The zero-order valence-electron chi connectivity index (χ0n) is 13.4. The highest BCUT2D eigenvalue weighted by molar-refractivity contribution is 5.92. The Bertz CT molecular complexity index is 860. The summed E-state index contributed by atoms with van der Waals surface area (Å²) in [5, 5.41) is 10.7. The summed E-state index contributed by atoms with van der Waals surface area (Å²) >= 11 is 0. The Hall–Kier alpha value is -3.02. The average molecular weight is 324 g/mol. The first-order chi connectivity index (χ1) is 11.5. The number of hydrogen-bond acceptors (Lipinski definition) is 3. The van der Waals surface area contributed by atoms with E-state index in [1.165, 1.54) is 16.9 Å². The molecule has 2 aromatic carbocycles. The van der Waals surface area contributed by atoms with E-state index in [2.05, 4.69) is 15.6 Å². The zero-order valence-corrected chi connectivity index (χ0v) is 13.4. The first-order valence-corrected chi connectivity index (χ1v) is 7.59. The lowest BCUT2D eigenvalue weighted by molar-refractivity contribution is 0.0934. The first kappa shape index (κ1) is 15.9. The van der Waals surface area contributed by atoms with Crippen LogP contribution in [-0.4, -0.2) is 20.9 Å². The van der Waals surface area contributed by atoms with Gasteiger partial charge in [-0.05, 0) is 43.2 Å². The molecular weight excluding hydrogens is 307 g/mol. The summed E-state index contributed by atoms with van der Waals surface area (Å²) in [6.07, 6.45) is 1.53. The van der Waals surface area contributed by atoms with Crippen molar-refractivity contribution in [1.82, 2.24) is 20.3 Å². The van der Waals surface area contributed by atoms with E-state index in [1.807, 2.05) is 37.3 Å². The van der Waals surface area contributed by atoms with Gasteiger partial charge in [0, 0.05) is 0 Å². The van der Waals surface area contributed by atoms with Crippen LogP contribution in [-0.2, 0) is 0 Å². The second-order valence-electron chi connectivity index (χ2n) is 5.59.